The molecule has 2 aromatic carbocycles. The molecule has 3 N–H and O–H groups in total. The smallest absolute Gasteiger partial charge is 0.412 e. The molecule has 2 heterocycles. The van der Waals surface area contributed by atoms with Gasteiger partial charge >= 0.3 is 6.09 Å². The zero-order chi connectivity index (χ0) is 26.1. The Morgan fingerprint density at radius 2 is 1.94 bits per heavy atom. The number of primary amides is 1. The average molecular weight is 536 g/mol. The Balaban J connectivity index is 1.60. The topological polar surface area (TPSA) is 84.7 Å². The minimum absolute atomic E-state index is 0.342. The van der Waals surface area contributed by atoms with E-state index in [-0.39, 0.29) is 11.4 Å². The Hall–Kier alpha value is -2.35. The van der Waals surface area contributed by atoms with E-state index in [0.717, 1.165) is 24.8 Å². The number of likely N-dealkylation sites (tertiary alicyclic amines) is 1. The summed E-state index contributed by atoms with van der Waals surface area (Å²) in [5, 5.41) is 3.49. The second-order valence-corrected chi connectivity index (χ2v) is 10.9. The number of unbranched alkanes of at least 4 members (excludes halogenated alkanes) is 1. The molecule has 1 saturated heterocycles. The Kier molecular flexibility index (Phi) is 7.83. The normalized spacial score (nSPS) is 19.6. The van der Waals surface area contributed by atoms with Crippen LogP contribution in [0.2, 0.25) is 10.0 Å². The summed E-state index contributed by atoms with van der Waals surface area (Å²) >= 11 is 12.3. The van der Waals surface area contributed by atoms with E-state index in [1.165, 1.54) is 12.1 Å². The van der Waals surface area contributed by atoms with E-state index in [0.29, 0.717) is 53.6 Å². The summed E-state index contributed by atoms with van der Waals surface area (Å²) in [6.45, 7) is 5.54. The standard InChI is InChI=1S/C27H32Cl2FN3O3/c1-3-4-9-26(2,16-19(24(31)34)17-5-7-21(28)22(29)14-17)33-12-10-27(11-13-33)20-15-18(30)6-8-23(20)32-25(35)36-27/h5-8,14-15,19H,3-4,9-13,16H2,1-2H3,(H2,31,34)(H,32,35). The van der Waals surface area contributed by atoms with Crippen molar-refractivity contribution in [3.05, 3.63) is 63.4 Å². The molecule has 0 aromatic heterocycles. The van der Waals surface area contributed by atoms with E-state index < -0.39 is 23.5 Å². The molecular formula is C27H32Cl2FN3O3. The summed E-state index contributed by atoms with van der Waals surface area (Å²) in [4.78, 5) is 27.3. The summed E-state index contributed by atoms with van der Waals surface area (Å²) in [6.07, 6.45) is 3.90. The number of halogens is 3. The van der Waals surface area contributed by atoms with Gasteiger partial charge in [-0.3, -0.25) is 15.0 Å². The third kappa shape index (κ3) is 5.34. The molecule has 2 aliphatic rings. The van der Waals surface area contributed by atoms with E-state index in [1.807, 2.05) is 0 Å². The van der Waals surface area contributed by atoms with Gasteiger partial charge in [0.15, 0.2) is 0 Å². The number of nitrogens with zero attached hydrogens (tertiary/aromatic N) is 1. The van der Waals surface area contributed by atoms with Crippen molar-refractivity contribution in [1.29, 1.82) is 0 Å². The molecule has 1 spiro atoms. The van der Waals surface area contributed by atoms with Crippen LogP contribution in [-0.2, 0) is 15.1 Å². The van der Waals surface area contributed by atoms with Crippen LogP contribution in [0.1, 0.15) is 69.4 Å². The quantitative estimate of drug-likeness (QED) is 0.399. The van der Waals surface area contributed by atoms with Crippen molar-refractivity contribution in [3.8, 4) is 0 Å². The van der Waals surface area contributed by atoms with Crippen molar-refractivity contribution in [2.45, 2.75) is 69.4 Å². The van der Waals surface area contributed by atoms with Crippen LogP contribution in [0.3, 0.4) is 0 Å². The molecule has 194 valence electrons. The second-order valence-electron chi connectivity index (χ2n) is 10.1. The van der Waals surface area contributed by atoms with Gasteiger partial charge in [0.2, 0.25) is 5.91 Å². The number of hydrogen-bond donors (Lipinski definition) is 2. The maximum absolute atomic E-state index is 14.1. The van der Waals surface area contributed by atoms with Gasteiger partial charge in [0.25, 0.3) is 0 Å². The number of fused-ring (bicyclic) bond motifs is 2. The van der Waals surface area contributed by atoms with Gasteiger partial charge in [-0.05, 0) is 55.7 Å². The first-order valence-corrected chi connectivity index (χ1v) is 13.1. The Morgan fingerprint density at radius 3 is 2.58 bits per heavy atom. The highest BCUT2D eigenvalue weighted by atomic mass is 35.5. The van der Waals surface area contributed by atoms with Crippen LogP contribution in [0.15, 0.2) is 36.4 Å². The number of piperidine rings is 1. The molecule has 4 rings (SSSR count). The number of nitrogens with one attached hydrogen (secondary N) is 1. The Bertz CT molecular complexity index is 1150. The number of anilines is 1. The zero-order valence-electron chi connectivity index (χ0n) is 20.6. The van der Waals surface area contributed by atoms with Crippen LogP contribution in [0.25, 0.3) is 0 Å². The number of rotatable bonds is 8. The molecule has 0 saturated carbocycles. The molecule has 1 fully saturated rings. The maximum atomic E-state index is 14.1. The lowest BCUT2D eigenvalue weighted by molar-refractivity contribution is -0.121. The van der Waals surface area contributed by atoms with Crippen LogP contribution >= 0.6 is 23.2 Å². The lowest BCUT2D eigenvalue weighted by Gasteiger charge is -2.50. The number of carbonyl (C=O) groups is 2. The number of carbonyl (C=O) groups excluding carboxylic acids is 2. The molecule has 2 aliphatic heterocycles. The molecule has 2 amide bonds. The average Bonchev–Trinajstić information content (AvgIpc) is 2.84. The van der Waals surface area contributed by atoms with Gasteiger partial charge in [-0.15, -0.1) is 0 Å². The number of ether oxygens (including phenoxy) is 1. The number of benzene rings is 2. The second kappa shape index (κ2) is 10.6. The van der Waals surface area contributed by atoms with Crippen LogP contribution < -0.4 is 11.1 Å². The summed E-state index contributed by atoms with van der Waals surface area (Å²) in [7, 11) is 0. The SMILES string of the molecule is CCCCC(C)(CC(C(N)=O)c1ccc(Cl)c(Cl)c1)N1CCC2(CC1)OC(=O)Nc1ccc(F)cc12. The van der Waals surface area contributed by atoms with Gasteiger partial charge in [0, 0.05) is 37.0 Å². The van der Waals surface area contributed by atoms with Gasteiger partial charge in [-0.1, -0.05) is 49.0 Å². The molecule has 36 heavy (non-hydrogen) atoms. The van der Waals surface area contributed by atoms with Gasteiger partial charge in [-0.2, -0.15) is 0 Å². The fraction of sp³-hybridized carbons (Fsp3) is 0.481. The first-order valence-electron chi connectivity index (χ1n) is 12.4. The first-order chi connectivity index (χ1) is 17.1. The summed E-state index contributed by atoms with van der Waals surface area (Å²) < 4.78 is 19.9. The fourth-order valence-electron chi connectivity index (χ4n) is 5.65. The largest absolute Gasteiger partial charge is 0.438 e. The fourth-order valence-corrected chi connectivity index (χ4v) is 5.95. The third-order valence-electron chi connectivity index (χ3n) is 7.73. The van der Waals surface area contributed by atoms with E-state index in [1.54, 1.807) is 24.3 Å². The molecular weight excluding hydrogens is 504 g/mol. The summed E-state index contributed by atoms with van der Waals surface area (Å²) in [5.41, 5.74) is 6.66. The van der Waals surface area contributed by atoms with Crippen LogP contribution in [0.5, 0.6) is 0 Å². The number of hydrogen-bond acceptors (Lipinski definition) is 4. The van der Waals surface area contributed by atoms with Crippen molar-refractivity contribution in [2.75, 3.05) is 18.4 Å². The van der Waals surface area contributed by atoms with E-state index in [4.69, 9.17) is 33.7 Å². The maximum Gasteiger partial charge on any atom is 0.412 e. The molecule has 2 aromatic rings. The summed E-state index contributed by atoms with van der Waals surface area (Å²) in [5.74, 6) is -1.32. The van der Waals surface area contributed by atoms with E-state index in [9.17, 15) is 14.0 Å². The van der Waals surface area contributed by atoms with Gasteiger partial charge < -0.3 is 10.5 Å². The molecule has 2 atom stereocenters. The zero-order valence-corrected chi connectivity index (χ0v) is 22.1. The van der Waals surface area contributed by atoms with Crippen LogP contribution in [0.4, 0.5) is 14.9 Å². The minimum Gasteiger partial charge on any atom is -0.438 e. The monoisotopic (exact) mass is 535 g/mol. The predicted molar refractivity (Wildman–Crippen MR) is 140 cm³/mol. The van der Waals surface area contributed by atoms with E-state index >= 15 is 0 Å². The van der Waals surface area contributed by atoms with Gasteiger partial charge in [-0.25, -0.2) is 9.18 Å². The molecule has 0 radical (unpaired) electrons. The molecule has 0 aliphatic carbocycles. The summed E-state index contributed by atoms with van der Waals surface area (Å²) in [6, 6.07) is 9.57. The highest BCUT2D eigenvalue weighted by molar-refractivity contribution is 6.42. The van der Waals surface area contributed by atoms with E-state index in [2.05, 4.69) is 24.1 Å². The number of nitrogens with two attached hydrogens (primary N) is 1. The molecule has 6 nitrogen and oxygen atoms in total. The highest BCUT2D eigenvalue weighted by Gasteiger charge is 2.48. The first kappa shape index (κ1) is 26.7. The molecule has 9 heteroatoms. The minimum atomic E-state index is -0.880. The van der Waals surface area contributed by atoms with Crippen LogP contribution in [0, 0.1) is 5.82 Å². The van der Waals surface area contributed by atoms with Crippen molar-refractivity contribution < 1.29 is 18.7 Å². The highest BCUT2D eigenvalue weighted by Crippen LogP contribution is 2.46. The Morgan fingerprint density at radius 1 is 1.22 bits per heavy atom. The van der Waals surface area contributed by atoms with Crippen molar-refractivity contribution >= 4 is 40.9 Å². The van der Waals surface area contributed by atoms with Gasteiger partial charge in [0.1, 0.15) is 11.4 Å². The van der Waals surface area contributed by atoms with Crippen molar-refractivity contribution in [2.24, 2.45) is 5.73 Å². The predicted octanol–water partition coefficient (Wildman–Crippen LogP) is 6.59. The van der Waals surface area contributed by atoms with Crippen molar-refractivity contribution in [3.63, 3.8) is 0 Å². The third-order valence-corrected chi connectivity index (χ3v) is 8.47. The lowest BCUT2D eigenvalue weighted by Crippen LogP contribution is -2.56. The Labute approximate surface area is 221 Å². The van der Waals surface area contributed by atoms with Crippen molar-refractivity contribution in [1.82, 2.24) is 4.90 Å². The molecule has 2 unspecified atom stereocenters. The lowest BCUT2D eigenvalue weighted by atomic mass is 9.76. The van der Waals surface area contributed by atoms with Gasteiger partial charge in [0.05, 0.1) is 21.7 Å². The van der Waals surface area contributed by atoms with Crippen LogP contribution in [-0.4, -0.2) is 35.5 Å². The number of amides is 2. The molecule has 0 bridgehead atoms.